The van der Waals surface area contributed by atoms with Crippen LogP contribution < -0.4 is 0 Å². The molecule has 0 bridgehead atoms. The minimum atomic E-state index is 0.826. The second kappa shape index (κ2) is 11.7. The first-order valence-corrected chi connectivity index (χ1v) is 10.9. The first-order valence-electron chi connectivity index (χ1n) is 10.9. The van der Waals surface area contributed by atoms with Crippen LogP contribution in [0.1, 0.15) is 88.8 Å². The Morgan fingerprint density at radius 2 is 1.24 bits per heavy atom. The van der Waals surface area contributed by atoms with E-state index in [1.807, 2.05) is 27.7 Å². The van der Waals surface area contributed by atoms with Crippen molar-refractivity contribution in [2.45, 2.75) is 86.0 Å². The Labute approximate surface area is 158 Å². The zero-order chi connectivity index (χ0) is 18.8. The maximum absolute atomic E-state index is 2.50. The van der Waals surface area contributed by atoms with Crippen molar-refractivity contribution in [2.75, 3.05) is 20.1 Å². The molecule has 2 fully saturated rings. The Bertz CT molecular complexity index is 463. The van der Waals surface area contributed by atoms with Gasteiger partial charge in [0.15, 0.2) is 0 Å². The highest BCUT2D eigenvalue weighted by molar-refractivity contribution is 5.32. The SMILES string of the molecule is CC.CC.Cc1ccc(C2CCC(C3CCN(C)CC3)CC2)cc1C. The second-order valence-corrected chi connectivity index (χ2v) is 7.60. The van der Waals surface area contributed by atoms with Crippen molar-refractivity contribution in [3.05, 3.63) is 34.9 Å². The Hall–Kier alpha value is -0.820. The molecule has 1 heteroatoms. The molecule has 1 aromatic rings. The molecule has 144 valence electrons. The minimum absolute atomic E-state index is 0.826. The molecular weight excluding hydrogens is 302 g/mol. The highest BCUT2D eigenvalue weighted by Crippen LogP contribution is 2.41. The zero-order valence-electron chi connectivity index (χ0n) is 18.1. The molecule has 1 aliphatic heterocycles. The monoisotopic (exact) mass is 345 g/mol. The lowest BCUT2D eigenvalue weighted by molar-refractivity contribution is 0.139. The Balaban J connectivity index is 0.000000730. The van der Waals surface area contributed by atoms with Gasteiger partial charge in [0.1, 0.15) is 0 Å². The van der Waals surface area contributed by atoms with Gasteiger partial charge in [0.05, 0.1) is 0 Å². The van der Waals surface area contributed by atoms with Crippen molar-refractivity contribution < 1.29 is 0 Å². The van der Waals surface area contributed by atoms with Crippen molar-refractivity contribution in [2.24, 2.45) is 11.8 Å². The van der Waals surface area contributed by atoms with Gasteiger partial charge in [-0.25, -0.2) is 0 Å². The standard InChI is InChI=1S/C20H31N.2C2H6/c1-15-4-5-20(14-16(15)2)18-8-6-17(7-9-18)19-10-12-21(3)13-11-19;2*1-2/h4-5,14,17-19H,6-13H2,1-3H3;2*1-2H3. The fourth-order valence-electron chi connectivity index (χ4n) is 4.44. The smallest absolute Gasteiger partial charge is 0.00190 e. The Morgan fingerprint density at radius 3 is 1.76 bits per heavy atom. The van der Waals surface area contributed by atoms with E-state index in [2.05, 4.69) is 44.0 Å². The number of hydrogen-bond acceptors (Lipinski definition) is 1. The summed E-state index contributed by atoms with van der Waals surface area (Å²) in [6.45, 7) is 15.1. The minimum Gasteiger partial charge on any atom is -0.306 e. The van der Waals surface area contributed by atoms with E-state index in [0.717, 1.165) is 17.8 Å². The first kappa shape index (κ1) is 22.2. The van der Waals surface area contributed by atoms with Crippen LogP contribution in [0.25, 0.3) is 0 Å². The average molecular weight is 346 g/mol. The summed E-state index contributed by atoms with van der Waals surface area (Å²) in [6, 6.07) is 7.13. The van der Waals surface area contributed by atoms with Crippen LogP contribution in [0.4, 0.5) is 0 Å². The number of aryl methyl sites for hydroxylation is 2. The Kier molecular flexibility index (Phi) is 10.4. The summed E-state index contributed by atoms with van der Waals surface area (Å²) in [4.78, 5) is 2.50. The van der Waals surface area contributed by atoms with Crippen molar-refractivity contribution in [1.29, 1.82) is 0 Å². The third kappa shape index (κ3) is 6.44. The molecule has 2 aliphatic rings. The summed E-state index contributed by atoms with van der Waals surface area (Å²) in [7, 11) is 2.27. The first-order chi connectivity index (χ1) is 12.1. The van der Waals surface area contributed by atoms with Crippen LogP contribution in [0, 0.1) is 25.7 Å². The predicted octanol–water partition coefficient (Wildman–Crippen LogP) is 6.97. The van der Waals surface area contributed by atoms with Gasteiger partial charge in [-0.3, -0.25) is 0 Å². The molecule has 0 N–H and O–H groups in total. The van der Waals surface area contributed by atoms with Crippen LogP contribution in [0.3, 0.4) is 0 Å². The van der Waals surface area contributed by atoms with Gasteiger partial charge in [0.25, 0.3) is 0 Å². The van der Waals surface area contributed by atoms with E-state index >= 15 is 0 Å². The third-order valence-corrected chi connectivity index (χ3v) is 6.20. The summed E-state index contributed by atoms with van der Waals surface area (Å²) in [6.07, 6.45) is 8.64. The molecule has 1 aliphatic carbocycles. The van der Waals surface area contributed by atoms with Crippen LogP contribution >= 0.6 is 0 Å². The summed E-state index contributed by atoms with van der Waals surface area (Å²) in [5.41, 5.74) is 4.49. The van der Waals surface area contributed by atoms with E-state index in [9.17, 15) is 0 Å². The molecular formula is C24H43N. The number of piperidine rings is 1. The number of benzene rings is 1. The summed E-state index contributed by atoms with van der Waals surface area (Å²) in [5, 5.41) is 0. The lowest BCUT2D eigenvalue weighted by Gasteiger charge is -2.38. The molecule has 25 heavy (non-hydrogen) atoms. The fraction of sp³-hybridized carbons (Fsp3) is 0.750. The van der Waals surface area contributed by atoms with E-state index < -0.39 is 0 Å². The number of nitrogens with zero attached hydrogens (tertiary/aromatic N) is 1. The molecule has 0 spiro atoms. The van der Waals surface area contributed by atoms with E-state index in [1.54, 1.807) is 5.56 Å². The molecule has 0 aromatic heterocycles. The quantitative estimate of drug-likeness (QED) is 0.559. The highest BCUT2D eigenvalue weighted by Gasteiger charge is 2.29. The fourth-order valence-corrected chi connectivity index (χ4v) is 4.44. The maximum atomic E-state index is 2.50. The molecule has 0 atom stereocenters. The summed E-state index contributed by atoms with van der Waals surface area (Å²) < 4.78 is 0. The zero-order valence-corrected chi connectivity index (χ0v) is 18.1. The summed E-state index contributed by atoms with van der Waals surface area (Å²) >= 11 is 0. The van der Waals surface area contributed by atoms with Crippen LogP contribution in [0.2, 0.25) is 0 Å². The van der Waals surface area contributed by atoms with Crippen molar-refractivity contribution in [1.82, 2.24) is 4.90 Å². The molecule has 1 saturated heterocycles. The van der Waals surface area contributed by atoms with Gasteiger partial charge in [-0.1, -0.05) is 45.9 Å². The van der Waals surface area contributed by atoms with Crippen molar-refractivity contribution >= 4 is 0 Å². The van der Waals surface area contributed by atoms with Crippen molar-refractivity contribution in [3.63, 3.8) is 0 Å². The highest BCUT2D eigenvalue weighted by atomic mass is 15.1. The Morgan fingerprint density at radius 1 is 0.720 bits per heavy atom. The third-order valence-electron chi connectivity index (χ3n) is 6.20. The van der Waals surface area contributed by atoms with Gasteiger partial charge in [-0.05, 0) is 107 Å². The van der Waals surface area contributed by atoms with E-state index in [4.69, 9.17) is 0 Å². The molecule has 1 heterocycles. The molecule has 1 aromatic carbocycles. The van der Waals surface area contributed by atoms with Crippen LogP contribution in [0.5, 0.6) is 0 Å². The van der Waals surface area contributed by atoms with Gasteiger partial charge < -0.3 is 4.90 Å². The molecule has 0 amide bonds. The molecule has 1 nitrogen and oxygen atoms in total. The number of rotatable bonds is 2. The average Bonchev–Trinajstić information content (AvgIpc) is 2.68. The normalized spacial score (nSPS) is 24.6. The van der Waals surface area contributed by atoms with Gasteiger partial charge in [0, 0.05) is 0 Å². The summed E-state index contributed by atoms with van der Waals surface area (Å²) in [5.74, 6) is 2.86. The van der Waals surface area contributed by atoms with Crippen molar-refractivity contribution in [3.8, 4) is 0 Å². The topological polar surface area (TPSA) is 3.24 Å². The largest absolute Gasteiger partial charge is 0.306 e. The number of hydrogen-bond donors (Lipinski definition) is 0. The molecule has 3 rings (SSSR count). The maximum Gasteiger partial charge on any atom is -0.00190 e. The molecule has 1 saturated carbocycles. The lowest BCUT2D eigenvalue weighted by atomic mass is 9.71. The van der Waals surface area contributed by atoms with E-state index in [0.29, 0.717) is 0 Å². The van der Waals surface area contributed by atoms with Gasteiger partial charge >= 0.3 is 0 Å². The molecule has 0 radical (unpaired) electrons. The lowest BCUT2D eigenvalue weighted by Crippen LogP contribution is -2.34. The van der Waals surface area contributed by atoms with Gasteiger partial charge in [-0.15, -0.1) is 0 Å². The van der Waals surface area contributed by atoms with E-state index in [1.165, 1.54) is 62.7 Å². The van der Waals surface area contributed by atoms with Gasteiger partial charge in [0.2, 0.25) is 0 Å². The van der Waals surface area contributed by atoms with Crippen LogP contribution in [-0.2, 0) is 0 Å². The van der Waals surface area contributed by atoms with Crippen LogP contribution in [-0.4, -0.2) is 25.0 Å². The number of likely N-dealkylation sites (tertiary alicyclic amines) is 1. The van der Waals surface area contributed by atoms with E-state index in [-0.39, 0.29) is 0 Å². The second-order valence-electron chi connectivity index (χ2n) is 7.60. The van der Waals surface area contributed by atoms with Gasteiger partial charge in [-0.2, -0.15) is 0 Å². The molecule has 0 unspecified atom stereocenters. The van der Waals surface area contributed by atoms with Crippen LogP contribution in [0.15, 0.2) is 18.2 Å². The predicted molar refractivity (Wildman–Crippen MR) is 114 cm³/mol.